The Morgan fingerprint density at radius 3 is 2.90 bits per heavy atom. The average molecular weight is 135 g/mol. The second kappa shape index (κ2) is 2.45. The van der Waals surface area contributed by atoms with Crippen LogP contribution >= 0.6 is 0 Å². The molecule has 1 aliphatic carbocycles. The molecule has 0 unspecified atom stereocenters. The van der Waals surface area contributed by atoms with Crippen molar-refractivity contribution < 1.29 is 0 Å². The van der Waals surface area contributed by atoms with E-state index in [-0.39, 0.29) is 0 Å². The molecule has 1 aromatic rings. The topological polar surface area (TPSA) is 28.7 Å². The van der Waals surface area contributed by atoms with Gasteiger partial charge in [0.2, 0.25) is 0 Å². The lowest BCUT2D eigenvalue weighted by Crippen LogP contribution is -1.87. The number of hydrogen-bond acceptors (Lipinski definition) is 1. The fraction of sp³-hybridized carbons (Fsp3) is 0.625. The van der Waals surface area contributed by atoms with Crippen molar-refractivity contribution in [3.63, 3.8) is 0 Å². The Morgan fingerprint density at radius 2 is 2.30 bits per heavy atom. The van der Waals surface area contributed by atoms with Gasteiger partial charge in [0.1, 0.15) is 6.20 Å². The highest BCUT2D eigenvalue weighted by atomic mass is 15.1. The minimum absolute atomic E-state index is 0.749. The lowest BCUT2D eigenvalue weighted by Gasteiger charge is -2.01. The van der Waals surface area contributed by atoms with Gasteiger partial charge in [-0.2, -0.15) is 5.10 Å². The molecule has 2 rings (SSSR count). The lowest BCUT2D eigenvalue weighted by atomic mass is 10.0. The molecule has 1 aromatic heterocycles. The Hall–Kier alpha value is -0.790. The quantitative estimate of drug-likeness (QED) is 0.625. The van der Waals surface area contributed by atoms with E-state index in [9.17, 15) is 0 Å². The van der Waals surface area contributed by atoms with Gasteiger partial charge in [0, 0.05) is 11.8 Å². The second-order valence-electron chi connectivity index (χ2n) is 2.93. The average Bonchev–Trinajstić information content (AvgIpc) is 2.59. The van der Waals surface area contributed by atoms with Crippen LogP contribution in [0.1, 0.15) is 37.2 Å². The minimum Gasteiger partial charge on any atom is -0.285 e. The van der Waals surface area contributed by atoms with E-state index >= 15 is 0 Å². The Kier molecular flexibility index (Phi) is 1.46. The first-order valence-corrected chi connectivity index (χ1v) is 3.88. The van der Waals surface area contributed by atoms with Crippen molar-refractivity contribution in [1.82, 2.24) is 10.2 Å². The summed E-state index contributed by atoms with van der Waals surface area (Å²) < 4.78 is 0. The number of hydrogen-bond donors (Lipinski definition) is 1. The van der Waals surface area contributed by atoms with Crippen LogP contribution in [0.25, 0.3) is 0 Å². The first-order chi connectivity index (χ1) is 4.97. The third-order valence-corrected chi connectivity index (χ3v) is 2.26. The van der Waals surface area contributed by atoms with Gasteiger partial charge < -0.3 is 0 Å². The molecule has 0 aliphatic heterocycles. The molecule has 1 radical (unpaired) electrons. The van der Waals surface area contributed by atoms with Crippen LogP contribution in [-0.2, 0) is 0 Å². The molecule has 10 heavy (non-hydrogen) atoms. The Balaban J connectivity index is 2.12. The van der Waals surface area contributed by atoms with Gasteiger partial charge in [0.05, 0.1) is 0 Å². The highest BCUT2D eigenvalue weighted by Crippen LogP contribution is 2.32. The van der Waals surface area contributed by atoms with Crippen molar-refractivity contribution >= 4 is 0 Å². The minimum atomic E-state index is 0.749. The van der Waals surface area contributed by atoms with Crippen molar-refractivity contribution in [2.75, 3.05) is 0 Å². The first kappa shape index (κ1) is 5.96. The molecule has 0 amide bonds. The van der Waals surface area contributed by atoms with Crippen LogP contribution in [0.5, 0.6) is 0 Å². The molecule has 2 heteroatoms. The Bertz CT molecular complexity index is 185. The number of aromatic amines is 1. The van der Waals surface area contributed by atoms with E-state index in [0.717, 1.165) is 5.92 Å². The maximum atomic E-state index is 3.82. The summed E-state index contributed by atoms with van der Waals surface area (Å²) in [7, 11) is 0. The summed E-state index contributed by atoms with van der Waals surface area (Å²) in [5.74, 6) is 0.749. The maximum absolute atomic E-state index is 3.82. The molecule has 0 bridgehead atoms. The summed E-state index contributed by atoms with van der Waals surface area (Å²) in [5, 5.41) is 6.62. The third kappa shape index (κ3) is 0.939. The lowest BCUT2D eigenvalue weighted by molar-refractivity contribution is 0.723. The van der Waals surface area contributed by atoms with Gasteiger partial charge in [-0.3, -0.25) is 5.10 Å². The van der Waals surface area contributed by atoms with Gasteiger partial charge in [0.15, 0.2) is 0 Å². The van der Waals surface area contributed by atoms with Gasteiger partial charge in [-0.1, -0.05) is 12.8 Å². The van der Waals surface area contributed by atoms with Crippen LogP contribution in [0.15, 0.2) is 6.20 Å². The van der Waals surface area contributed by atoms with Crippen LogP contribution in [0.4, 0.5) is 0 Å². The first-order valence-electron chi connectivity index (χ1n) is 3.88. The smallest absolute Gasteiger partial charge is 0.116 e. The summed E-state index contributed by atoms with van der Waals surface area (Å²) in [4.78, 5) is 0. The number of aromatic nitrogens is 2. The molecule has 2 nitrogen and oxygen atoms in total. The molecule has 1 N–H and O–H groups in total. The SMILES string of the molecule is [c]1n[nH]cc1C1CCCC1. The summed E-state index contributed by atoms with van der Waals surface area (Å²) >= 11 is 0. The molecule has 1 fully saturated rings. The predicted molar refractivity (Wildman–Crippen MR) is 38.6 cm³/mol. The van der Waals surface area contributed by atoms with E-state index < -0.39 is 0 Å². The fourth-order valence-electron chi connectivity index (χ4n) is 1.68. The monoisotopic (exact) mass is 135 g/mol. The van der Waals surface area contributed by atoms with Crippen LogP contribution in [0.2, 0.25) is 0 Å². The highest BCUT2D eigenvalue weighted by Gasteiger charge is 2.17. The van der Waals surface area contributed by atoms with Crippen molar-refractivity contribution in [1.29, 1.82) is 0 Å². The van der Waals surface area contributed by atoms with Gasteiger partial charge in [0.25, 0.3) is 0 Å². The van der Waals surface area contributed by atoms with E-state index in [1.54, 1.807) is 0 Å². The van der Waals surface area contributed by atoms with Crippen LogP contribution in [0.3, 0.4) is 0 Å². The van der Waals surface area contributed by atoms with Crippen LogP contribution in [-0.4, -0.2) is 10.2 Å². The number of rotatable bonds is 1. The summed E-state index contributed by atoms with van der Waals surface area (Å²) in [6.45, 7) is 0. The van der Waals surface area contributed by atoms with E-state index in [1.165, 1.54) is 31.2 Å². The zero-order valence-corrected chi connectivity index (χ0v) is 5.93. The largest absolute Gasteiger partial charge is 0.285 e. The highest BCUT2D eigenvalue weighted by molar-refractivity contribution is 5.09. The fourth-order valence-corrected chi connectivity index (χ4v) is 1.68. The van der Waals surface area contributed by atoms with Gasteiger partial charge in [-0.25, -0.2) is 0 Å². The van der Waals surface area contributed by atoms with Crippen molar-refractivity contribution in [2.24, 2.45) is 0 Å². The van der Waals surface area contributed by atoms with Crippen molar-refractivity contribution in [2.45, 2.75) is 31.6 Å². The molecule has 1 saturated carbocycles. The molecule has 0 aromatic carbocycles. The van der Waals surface area contributed by atoms with E-state index in [2.05, 4.69) is 16.4 Å². The molecule has 53 valence electrons. The standard InChI is InChI=1S/C8H11N2/c1-2-4-7(3-1)8-5-9-10-6-8/h5,7H,1-4H2,(H,9,10). The zero-order valence-electron chi connectivity index (χ0n) is 5.93. The normalized spacial score (nSPS) is 20.0. The molecule has 1 aliphatic rings. The third-order valence-electron chi connectivity index (χ3n) is 2.26. The van der Waals surface area contributed by atoms with E-state index in [0.29, 0.717) is 0 Å². The van der Waals surface area contributed by atoms with Crippen LogP contribution in [0, 0.1) is 6.20 Å². The van der Waals surface area contributed by atoms with E-state index in [1.807, 2.05) is 6.20 Å². The molecule has 0 spiro atoms. The van der Waals surface area contributed by atoms with Gasteiger partial charge >= 0.3 is 0 Å². The molecule has 0 saturated heterocycles. The molecular weight excluding hydrogens is 124 g/mol. The van der Waals surface area contributed by atoms with Gasteiger partial charge in [-0.15, -0.1) is 0 Å². The molecule has 1 heterocycles. The summed E-state index contributed by atoms with van der Waals surface area (Å²) in [6, 6.07) is 0. The molecular formula is C8H11N2. The number of nitrogens with one attached hydrogen (secondary N) is 1. The predicted octanol–water partition coefficient (Wildman–Crippen LogP) is 1.87. The second-order valence-corrected chi connectivity index (χ2v) is 2.93. The van der Waals surface area contributed by atoms with Gasteiger partial charge in [-0.05, 0) is 18.8 Å². The van der Waals surface area contributed by atoms with E-state index in [4.69, 9.17) is 0 Å². The molecule has 0 atom stereocenters. The van der Waals surface area contributed by atoms with Crippen molar-refractivity contribution in [3.05, 3.63) is 18.0 Å². The van der Waals surface area contributed by atoms with Crippen LogP contribution < -0.4 is 0 Å². The maximum Gasteiger partial charge on any atom is 0.116 e. The summed E-state index contributed by atoms with van der Waals surface area (Å²) in [6.07, 6.45) is 10.4. The van der Waals surface area contributed by atoms with Crippen molar-refractivity contribution in [3.8, 4) is 0 Å². The summed E-state index contributed by atoms with van der Waals surface area (Å²) in [5.41, 5.74) is 1.28. The Morgan fingerprint density at radius 1 is 1.50 bits per heavy atom. The number of H-pyrrole nitrogens is 1. The Labute approximate surface area is 60.6 Å². The number of nitrogens with zero attached hydrogens (tertiary/aromatic N) is 1. The zero-order chi connectivity index (χ0) is 6.81.